The van der Waals surface area contributed by atoms with E-state index in [1.165, 1.54) is 12.1 Å². The summed E-state index contributed by atoms with van der Waals surface area (Å²) in [4.78, 5) is 4.19. The first-order valence-corrected chi connectivity index (χ1v) is 9.23. The Hall–Kier alpha value is -1.13. The van der Waals surface area contributed by atoms with Gasteiger partial charge in [-0.05, 0) is 50.5 Å². The topological polar surface area (TPSA) is 64.1 Å². The van der Waals surface area contributed by atoms with E-state index in [-0.39, 0.29) is 42.0 Å². The highest BCUT2D eigenvalue weighted by Gasteiger charge is 2.14. The molecule has 1 aliphatic heterocycles. The molecule has 1 aliphatic rings. The van der Waals surface area contributed by atoms with Gasteiger partial charge < -0.3 is 24.8 Å². The lowest BCUT2D eigenvalue weighted by molar-refractivity contribution is 0.0168. The molecule has 2 N–H and O–H groups in total. The van der Waals surface area contributed by atoms with Gasteiger partial charge in [0.25, 0.3) is 0 Å². The molecule has 0 bridgehead atoms. The average molecular weight is 495 g/mol. The normalized spacial score (nSPS) is 17.9. The molecule has 2 unspecified atom stereocenters. The Balaban J connectivity index is 0.00000364. The predicted octanol–water partition coefficient (Wildman–Crippen LogP) is 2.96. The van der Waals surface area contributed by atoms with Crippen molar-refractivity contribution in [1.82, 2.24) is 10.6 Å². The third-order valence-electron chi connectivity index (χ3n) is 4.02. The van der Waals surface area contributed by atoms with E-state index in [0.29, 0.717) is 25.5 Å². The Morgan fingerprint density at radius 2 is 2.11 bits per heavy atom. The fourth-order valence-electron chi connectivity index (χ4n) is 2.62. The Bertz CT molecular complexity index is 540. The Morgan fingerprint density at radius 1 is 1.33 bits per heavy atom. The first kappa shape index (κ1) is 23.9. The van der Waals surface area contributed by atoms with Crippen LogP contribution in [0.2, 0.25) is 0 Å². The number of hydrogen-bond donors (Lipinski definition) is 2. The zero-order chi connectivity index (χ0) is 18.6. The highest BCUT2D eigenvalue weighted by Crippen LogP contribution is 2.13. The molecule has 0 radical (unpaired) electrons. The van der Waals surface area contributed by atoms with E-state index in [1.54, 1.807) is 19.2 Å². The van der Waals surface area contributed by atoms with Crippen LogP contribution in [0.25, 0.3) is 0 Å². The van der Waals surface area contributed by atoms with Gasteiger partial charge in [-0.25, -0.2) is 4.39 Å². The highest BCUT2D eigenvalue weighted by atomic mass is 127. The van der Waals surface area contributed by atoms with Gasteiger partial charge in [-0.2, -0.15) is 0 Å². The van der Waals surface area contributed by atoms with Crippen molar-refractivity contribution in [2.24, 2.45) is 4.99 Å². The second kappa shape index (κ2) is 14.0. The van der Waals surface area contributed by atoms with Crippen molar-refractivity contribution in [3.63, 3.8) is 0 Å². The molecule has 1 heterocycles. The van der Waals surface area contributed by atoms with Crippen LogP contribution in [0.3, 0.4) is 0 Å². The molecule has 0 amide bonds. The van der Waals surface area contributed by atoms with Crippen LogP contribution >= 0.6 is 24.0 Å². The van der Waals surface area contributed by atoms with Crippen LogP contribution in [-0.4, -0.2) is 58.1 Å². The minimum atomic E-state index is -0.271. The van der Waals surface area contributed by atoms with Gasteiger partial charge in [-0.3, -0.25) is 4.99 Å². The third kappa shape index (κ3) is 10.1. The van der Waals surface area contributed by atoms with Gasteiger partial charge >= 0.3 is 0 Å². The second-order valence-electron chi connectivity index (χ2n) is 6.33. The van der Waals surface area contributed by atoms with Gasteiger partial charge in [-0.1, -0.05) is 0 Å². The third-order valence-corrected chi connectivity index (χ3v) is 4.02. The average Bonchev–Trinajstić information content (AvgIpc) is 3.16. The van der Waals surface area contributed by atoms with Gasteiger partial charge in [-0.15, -0.1) is 24.0 Å². The molecule has 2 atom stereocenters. The predicted molar refractivity (Wildman–Crippen MR) is 116 cm³/mol. The van der Waals surface area contributed by atoms with E-state index in [1.807, 2.05) is 6.92 Å². The number of hydrogen-bond acceptors (Lipinski definition) is 4. The summed E-state index contributed by atoms with van der Waals surface area (Å²) in [5.41, 5.74) is 0. The van der Waals surface area contributed by atoms with Gasteiger partial charge in [0.05, 0.1) is 19.3 Å². The quantitative estimate of drug-likeness (QED) is 0.226. The SMILES string of the molecule is CN=C(NCCCOCC1CCCO1)NCC(C)Oc1ccc(F)cc1.I. The van der Waals surface area contributed by atoms with Crippen molar-refractivity contribution in [3.8, 4) is 5.75 Å². The lowest BCUT2D eigenvalue weighted by Gasteiger charge is -2.18. The molecule has 0 spiro atoms. The lowest BCUT2D eigenvalue weighted by Crippen LogP contribution is -2.42. The van der Waals surface area contributed by atoms with Crippen molar-refractivity contribution in [1.29, 1.82) is 0 Å². The summed E-state index contributed by atoms with van der Waals surface area (Å²) >= 11 is 0. The molecule has 1 aromatic carbocycles. The monoisotopic (exact) mass is 495 g/mol. The van der Waals surface area contributed by atoms with Crippen LogP contribution in [0.1, 0.15) is 26.2 Å². The lowest BCUT2D eigenvalue weighted by atomic mass is 10.2. The number of halogens is 2. The summed E-state index contributed by atoms with van der Waals surface area (Å²) < 4.78 is 29.8. The molecular weight excluding hydrogens is 464 g/mol. The van der Waals surface area contributed by atoms with Crippen LogP contribution in [0.5, 0.6) is 5.75 Å². The molecule has 1 fully saturated rings. The van der Waals surface area contributed by atoms with E-state index in [9.17, 15) is 4.39 Å². The van der Waals surface area contributed by atoms with E-state index in [0.717, 1.165) is 38.4 Å². The maximum absolute atomic E-state index is 12.9. The molecule has 6 nitrogen and oxygen atoms in total. The van der Waals surface area contributed by atoms with Crippen LogP contribution in [0.4, 0.5) is 4.39 Å². The Morgan fingerprint density at radius 3 is 2.78 bits per heavy atom. The summed E-state index contributed by atoms with van der Waals surface area (Å²) in [6.07, 6.45) is 3.34. The number of benzene rings is 1. The molecule has 0 aliphatic carbocycles. The number of nitrogens with zero attached hydrogens (tertiary/aromatic N) is 1. The number of aliphatic imine (C=N–C) groups is 1. The zero-order valence-electron chi connectivity index (χ0n) is 16.1. The second-order valence-corrected chi connectivity index (χ2v) is 6.33. The number of nitrogens with one attached hydrogen (secondary N) is 2. The highest BCUT2D eigenvalue weighted by molar-refractivity contribution is 14.0. The minimum absolute atomic E-state index is 0. The first-order valence-electron chi connectivity index (χ1n) is 9.23. The van der Waals surface area contributed by atoms with Gasteiger partial charge in [0.1, 0.15) is 17.7 Å². The Kier molecular flexibility index (Phi) is 12.4. The van der Waals surface area contributed by atoms with Gasteiger partial charge in [0.15, 0.2) is 5.96 Å². The van der Waals surface area contributed by atoms with Crippen molar-refractivity contribution >= 4 is 29.9 Å². The van der Waals surface area contributed by atoms with Crippen LogP contribution in [0.15, 0.2) is 29.3 Å². The fraction of sp³-hybridized carbons (Fsp3) is 0.632. The number of guanidine groups is 1. The molecule has 1 aromatic rings. The number of rotatable bonds is 10. The fourth-order valence-corrected chi connectivity index (χ4v) is 2.62. The molecule has 0 aromatic heterocycles. The largest absolute Gasteiger partial charge is 0.489 e. The van der Waals surface area contributed by atoms with Gasteiger partial charge in [0.2, 0.25) is 0 Å². The molecule has 8 heteroatoms. The number of ether oxygens (including phenoxy) is 3. The van der Waals surface area contributed by atoms with Crippen LogP contribution in [0, 0.1) is 5.82 Å². The van der Waals surface area contributed by atoms with E-state index in [4.69, 9.17) is 14.2 Å². The summed E-state index contributed by atoms with van der Waals surface area (Å²) in [5, 5.41) is 6.46. The zero-order valence-corrected chi connectivity index (χ0v) is 18.4. The maximum atomic E-state index is 12.9. The molecule has 2 rings (SSSR count). The summed E-state index contributed by atoms with van der Waals surface area (Å²) in [6.45, 7) is 5.56. The van der Waals surface area contributed by atoms with E-state index >= 15 is 0 Å². The van der Waals surface area contributed by atoms with Crippen LogP contribution in [-0.2, 0) is 9.47 Å². The van der Waals surface area contributed by atoms with Crippen molar-refractivity contribution in [2.45, 2.75) is 38.4 Å². The van der Waals surface area contributed by atoms with Gasteiger partial charge in [0, 0.05) is 26.8 Å². The molecule has 1 saturated heterocycles. The Labute approximate surface area is 178 Å². The van der Waals surface area contributed by atoms with Crippen LogP contribution < -0.4 is 15.4 Å². The van der Waals surface area contributed by atoms with Crippen molar-refractivity contribution in [2.75, 3.05) is 40.0 Å². The molecule has 27 heavy (non-hydrogen) atoms. The smallest absolute Gasteiger partial charge is 0.191 e. The minimum Gasteiger partial charge on any atom is -0.489 e. The van der Waals surface area contributed by atoms with E-state index in [2.05, 4.69) is 15.6 Å². The molecular formula is C19H31FIN3O3. The summed E-state index contributed by atoms with van der Waals surface area (Å²) in [7, 11) is 1.73. The van der Waals surface area contributed by atoms with E-state index < -0.39 is 0 Å². The standard InChI is InChI=1S/C19H30FN3O3.HI/c1-15(26-17-8-6-16(20)7-9-17)13-23-19(21-2)22-10-4-11-24-14-18-5-3-12-25-18;/h6-9,15,18H,3-5,10-14H2,1-2H3,(H2,21,22,23);1H. The molecule has 0 saturated carbocycles. The maximum Gasteiger partial charge on any atom is 0.191 e. The first-order chi connectivity index (χ1) is 12.7. The van der Waals surface area contributed by atoms with Crippen molar-refractivity contribution < 1.29 is 18.6 Å². The summed E-state index contributed by atoms with van der Waals surface area (Å²) in [6, 6.07) is 6.01. The van der Waals surface area contributed by atoms with Crippen molar-refractivity contribution in [3.05, 3.63) is 30.1 Å². The molecule has 154 valence electrons. The summed E-state index contributed by atoms with van der Waals surface area (Å²) in [5.74, 6) is 1.10.